The molecule has 0 aromatic heterocycles. The monoisotopic (exact) mass is 244 g/mol. The maximum absolute atomic E-state index is 10.8. The molecule has 1 aromatic rings. The Morgan fingerprint density at radius 2 is 1.71 bits per heavy atom. The molecule has 0 atom stereocenters. The Kier molecular flexibility index (Phi) is 5.11. The molecule has 0 saturated carbocycles. The molecule has 0 radical (unpaired) electrons. The second kappa shape index (κ2) is 4.96. The summed E-state index contributed by atoms with van der Waals surface area (Å²) in [6.07, 6.45) is 0. The van der Waals surface area contributed by atoms with Crippen LogP contribution in [0.1, 0.15) is 11.1 Å². The Bertz CT molecular complexity index is 442. The molecule has 0 aliphatic carbocycles. The van der Waals surface area contributed by atoms with Crippen molar-refractivity contribution in [3.05, 3.63) is 28.3 Å². The summed E-state index contributed by atoms with van der Waals surface area (Å²) in [6.45, 7) is 3.25. The van der Waals surface area contributed by atoms with Gasteiger partial charge in [0.15, 0.2) is 0 Å². The van der Waals surface area contributed by atoms with Crippen molar-refractivity contribution in [3.63, 3.8) is 0 Å². The van der Waals surface area contributed by atoms with Crippen molar-refractivity contribution < 1.29 is 13.0 Å². The molecule has 6 heteroatoms. The molecular formula is C8H10ClNaO3S. The first-order valence-corrected chi connectivity index (χ1v) is 5.38. The van der Waals surface area contributed by atoms with Gasteiger partial charge in [-0.25, -0.2) is 0 Å². The fourth-order valence-corrected chi connectivity index (χ4v) is 2.04. The van der Waals surface area contributed by atoms with E-state index in [1.807, 2.05) is 0 Å². The van der Waals surface area contributed by atoms with Gasteiger partial charge in [-0.05, 0) is 37.1 Å². The normalized spacial score (nSPS) is 10.9. The van der Waals surface area contributed by atoms with Crippen molar-refractivity contribution in [3.8, 4) is 0 Å². The van der Waals surface area contributed by atoms with Crippen LogP contribution in [-0.2, 0) is 10.1 Å². The van der Waals surface area contributed by atoms with Crippen LogP contribution in [0.3, 0.4) is 0 Å². The first-order chi connectivity index (χ1) is 5.82. The zero-order valence-electron chi connectivity index (χ0n) is 7.20. The molecule has 0 unspecified atom stereocenters. The molecule has 1 aromatic carbocycles. The molecule has 0 spiro atoms. The predicted molar refractivity (Wildman–Crippen MR) is 57.9 cm³/mol. The van der Waals surface area contributed by atoms with E-state index in [0.29, 0.717) is 16.1 Å². The molecule has 0 saturated heterocycles. The van der Waals surface area contributed by atoms with E-state index >= 15 is 0 Å². The molecule has 0 amide bonds. The van der Waals surface area contributed by atoms with Crippen molar-refractivity contribution in [2.45, 2.75) is 18.7 Å². The van der Waals surface area contributed by atoms with Gasteiger partial charge >= 0.3 is 29.6 Å². The van der Waals surface area contributed by atoms with Crippen LogP contribution in [0, 0.1) is 13.8 Å². The topological polar surface area (TPSA) is 54.4 Å². The number of rotatable bonds is 1. The van der Waals surface area contributed by atoms with E-state index < -0.39 is 10.1 Å². The Hall–Kier alpha value is 0.420. The summed E-state index contributed by atoms with van der Waals surface area (Å²) in [6, 6.07) is 2.87. The molecule has 3 nitrogen and oxygen atoms in total. The van der Waals surface area contributed by atoms with Gasteiger partial charge in [-0.3, -0.25) is 4.55 Å². The van der Waals surface area contributed by atoms with Gasteiger partial charge in [-0.2, -0.15) is 8.42 Å². The van der Waals surface area contributed by atoms with Crippen LogP contribution in [0.15, 0.2) is 17.0 Å². The van der Waals surface area contributed by atoms with Crippen molar-refractivity contribution in [1.29, 1.82) is 0 Å². The van der Waals surface area contributed by atoms with Crippen molar-refractivity contribution in [1.82, 2.24) is 0 Å². The van der Waals surface area contributed by atoms with Gasteiger partial charge in [0.05, 0.1) is 4.90 Å². The van der Waals surface area contributed by atoms with Crippen LogP contribution in [-0.4, -0.2) is 42.5 Å². The summed E-state index contributed by atoms with van der Waals surface area (Å²) >= 11 is 5.76. The molecular weight excluding hydrogens is 235 g/mol. The van der Waals surface area contributed by atoms with Gasteiger partial charge in [0.1, 0.15) is 0 Å². The third-order valence-corrected chi connectivity index (χ3v) is 3.14. The maximum atomic E-state index is 10.8. The van der Waals surface area contributed by atoms with Gasteiger partial charge in [0, 0.05) is 5.02 Å². The van der Waals surface area contributed by atoms with Gasteiger partial charge in [0.2, 0.25) is 0 Å². The number of hydrogen-bond donors (Lipinski definition) is 1. The number of benzene rings is 1. The van der Waals surface area contributed by atoms with E-state index in [2.05, 4.69) is 0 Å². The molecule has 1 rings (SSSR count). The summed E-state index contributed by atoms with van der Waals surface area (Å²) in [5.74, 6) is 0. The summed E-state index contributed by atoms with van der Waals surface area (Å²) < 4.78 is 30.5. The number of hydrogen-bond acceptors (Lipinski definition) is 2. The average molecular weight is 245 g/mol. The van der Waals surface area contributed by atoms with E-state index in [-0.39, 0.29) is 34.5 Å². The van der Waals surface area contributed by atoms with Gasteiger partial charge in [-0.1, -0.05) is 11.6 Å². The first kappa shape index (κ1) is 14.4. The van der Waals surface area contributed by atoms with Crippen molar-refractivity contribution in [2.75, 3.05) is 0 Å². The Balaban J connectivity index is 0.00000169. The van der Waals surface area contributed by atoms with E-state index in [0.717, 1.165) is 0 Å². The van der Waals surface area contributed by atoms with Crippen LogP contribution >= 0.6 is 11.6 Å². The quantitative estimate of drug-likeness (QED) is 0.603. The van der Waals surface area contributed by atoms with Crippen molar-refractivity contribution in [2.24, 2.45) is 0 Å². The Morgan fingerprint density at radius 3 is 2.14 bits per heavy atom. The average Bonchev–Trinajstić information content (AvgIpc) is 1.94. The number of halogens is 1. The minimum absolute atomic E-state index is 0. The van der Waals surface area contributed by atoms with Gasteiger partial charge in [0.25, 0.3) is 10.1 Å². The molecule has 14 heavy (non-hydrogen) atoms. The molecule has 0 aliphatic rings. The molecule has 0 heterocycles. The molecule has 0 bridgehead atoms. The predicted octanol–water partition coefficient (Wildman–Crippen LogP) is 1.56. The molecule has 0 fully saturated rings. The van der Waals surface area contributed by atoms with E-state index in [1.54, 1.807) is 13.8 Å². The van der Waals surface area contributed by atoms with Crippen LogP contribution < -0.4 is 0 Å². The fraction of sp³-hybridized carbons (Fsp3) is 0.250. The second-order valence-corrected chi connectivity index (χ2v) is 4.64. The Labute approximate surface area is 111 Å². The first-order valence-electron chi connectivity index (χ1n) is 3.56. The molecule has 74 valence electrons. The van der Waals surface area contributed by atoms with Crippen LogP contribution in [0.2, 0.25) is 5.02 Å². The van der Waals surface area contributed by atoms with Crippen LogP contribution in [0.5, 0.6) is 0 Å². The van der Waals surface area contributed by atoms with Crippen LogP contribution in [0.4, 0.5) is 0 Å². The Morgan fingerprint density at radius 1 is 1.21 bits per heavy atom. The van der Waals surface area contributed by atoms with Gasteiger partial charge < -0.3 is 0 Å². The third kappa shape index (κ3) is 3.22. The zero-order chi connectivity index (χ0) is 10.2. The van der Waals surface area contributed by atoms with E-state index in [9.17, 15) is 8.42 Å². The van der Waals surface area contributed by atoms with Gasteiger partial charge in [-0.15, -0.1) is 0 Å². The minimum atomic E-state index is -4.13. The van der Waals surface area contributed by atoms with E-state index in [1.165, 1.54) is 12.1 Å². The van der Waals surface area contributed by atoms with Crippen molar-refractivity contribution >= 4 is 51.3 Å². The second-order valence-electron chi connectivity index (χ2n) is 2.84. The van der Waals surface area contributed by atoms with E-state index in [4.69, 9.17) is 16.2 Å². The standard InChI is InChI=1S/C8H9ClO3S.Na.H/c1-5-4-8(13(10,11)12)6(2)3-7(5)9;;/h3-4H,1-2H3,(H,10,11,12);;. The molecule has 1 N–H and O–H groups in total. The summed E-state index contributed by atoms with van der Waals surface area (Å²) in [5, 5.41) is 0.491. The number of aryl methyl sites for hydroxylation is 2. The third-order valence-electron chi connectivity index (χ3n) is 1.73. The summed E-state index contributed by atoms with van der Waals surface area (Å²) in [4.78, 5) is -0.0885. The zero-order valence-corrected chi connectivity index (χ0v) is 8.78. The summed E-state index contributed by atoms with van der Waals surface area (Å²) in [5.41, 5.74) is 1.07. The van der Waals surface area contributed by atoms with Crippen LogP contribution in [0.25, 0.3) is 0 Å². The fourth-order valence-electron chi connectivity index (χ4n) is 1.03. The SMILES string of the molecule is Cc1cc(S(=O)(=O)O)c(C)cc1Cl.[NaH]. The summed E-state index contributed by atoms with van der Waals surface area (Å²) in [7, 11) is -4.13. The molecule has 0 aliphatic heterocycles.